The zero-order chi connectivity index (χ0) is 14.8. The van der Waals surface area contributed by atoms with Crippen LogP contribution in [0.15, 0.2) is 36.9 Å². The molecule has 0 saturated heterocycles. The first-order valence-corrected chi connectivity index (χ1v) is 7.17. The number of ether oxygens (including phenoxy) is 2. The lowest BCUT2D eigenvalue weighted by molar-refractivity contribution is 0.0606. The van der Waals surface area contributed by atoms with Crippen molar-refractivity contribution in [1.82, 2.24) is 9.55 Å². The van der Waals surface area contributed by atoms with Crippen molar-refractivity contribution < 1.29 is 14.3 Å². The third-order valence-electron chi connectivity index (χ3n) is 3.19. The summed E-state index contributed by atoms with van der Waals surface area (Å²) in [7, 11) is 3.01. The van der Waals surface area contributed by atoms with E-state index in [2.05, 4.69) is 11.1 Å². The largest absolute Gasteiger partial charge is 0.496 e. The van der Waals surface area contributed by atoms with Gasteiger partial charge in [0, 0.05) is 29.0 Å². The molecule has 0 atom stereocenters. The predicted octanol–water partition coefficient (Wildman–Crippen LogP) is 2.94. The summed E-state index contributed by atoms with van der Waals surface area (Å²) in [5, 5.41) is 0.928. The van der Waals surface area contributed by atoms with E-state index in [-0.39, 0.29) is 5.97 Å². The Bertz CT molecular complexity index is 778. The molecule has 0 unspecified atom stereocenters. The number of benzene rings is 1. The molecule has 6 heteroatoms. The fraction of sp³-hybridized carbons (Fsp3) is 0.200. The van der Waals surface area contributed by atoms with Gasteiger partial charge in [-0.25, -0.2) is 9.78 Å². The minimum atomic E-state index is -0.325. The van der Waals surface area contributed by atoms with Crippen LogP contribution in [0.2, 0.25) is 0 Å². The monoisotopic (exact) mass is 302 g/mol. The lowest BCUT2D eigenvalue weighted by atomic mass is 10.1. The van der Waals surface area contributed by atoms with E-state index < -0.39 is 0 Å². The standard InChI is InChI=1S/C15H14N2O3S/c1-19-12-5-10(8-17-4-3-16-9-17)6-13-11(12)7-14(21-13)15(18)20-2/h3-7,9H,8H2,1-2H3. The van der Waals surface area contributed by atoms with E-state index in [1.807, 2.05) is 22.9 Å². The number of nitrogens with zero attached hydrogens (tertiary/aromatic N) is 2. The summed E-state index contributed by atoms with van der Waals surface area (Å²) in [6, 6.07) is 5.86. The van der Waals surface area contributed by atoms with Gasteiger partial charge in [0.05, 0.1) is 20.5 Å². The number of hydrogen-bond acceptors (Lipinski definition) is 5. The highest BCUT2D eigenvalue weighted by atomic mass is 32.1. The molecular formula is C15H14N2O3S. The van der Waals surface area contributed by atoms with Crippen molar-refractivity contribution >= 4 is 27.4 Å². The third-order valence-corrected chi connectivity index (χ3v) is 4.25. The number of imidazole rings is 1. The summed E-state index contributed by atoms with van der Waals surface area (Å²) < 4.78 is 13.2. The zero-order valence-corrected chi connectivity index (χ0v) is 12.5. The van der Waals surface area contributed by atoms with Crippen LogP contribution in [0.4, 0.5) is 0 Å². The van der Waals surface area contributed by atoms with Crippen molar-refractivity contribution in [1.29, 1.82) is 0 Å². The van der Waals surface area contributed by atoms with Crippen molar-refractivity contribution in [3.05, 3.63) is 47.4 Å². The maximum Gasteiger partial charge on any atom is 0.348 e. The first-order valence-electron chi connectivity index (χ1n) is 6.36. The second kappa shape index (κ2) is 5.57. The Morgan fingerprint density at radius 1 is 1.33 bits per heavy atom. The van der Waals surface area contributed by atoms with Crippen LogP contribution in [-0.4, -0.2) is 29.7 Å². The number of rotatable bonds is 4. The lowest BCUT2D eigenvalue weighted by Crippen LogP contribution is -1.97. The van der Waals surface area contributed by atoms with Gasteiger partial charge in [-0.3, -0.25) is 0 Å². The van der Waals surface area contributed by atoms with Gasteiger partial charge in [-0.2, -0.15) is 0 Å². The van der Waals surface area contributed by atoms with Gasteiger partial charge in [0.2, 0.25) is 0 Å². The number of methoxy groups -OCH3 is 2. The molecule has 0 spiro atoms. The van der Waals surface area contributed by atoms with Gasteiger partial charge in [0.25, 0.3) is 0 Å². The Kier molecular flexibility index (Phi) is 3.62. The Hall–Kier alpha value is -2.34. The molecule has 0 fully saturated rings. The molecule has 1 aromatic carbocycles. The fourth-order valence-corrected chi connectivity index (χ4v) is 3.27. The minimum absolute atomic E-state index is 0.325. The van der Waals surface area contributed by atoms with E-state index in [0.717, 1.165) is 21.4 Å². The van der Waals surface area contributed by atoms with E-state index >= 15 is 0 Å². The smallest absolute Gasteiger partial charge is 0.348 e. The van der Waals surface area contributed by atoms with Crippen LogP contribution in [-0.2, 0) is 11.3 Å². The molecule has 3 rings (SSSR count). The van der Waals surface area contributed by atoms with Crippen LogP contribution in [0.5, 0.6) is 5.75 Å². The number of thiophene rings is 1. The van der Waals surface area contributed by atoms with Crippen LogP contribution in [0.1, 0.15) is 15.2 Å². The van der Waals surface area contributed by atoms with E-state index in [0.29, 0.717) is 11.4 Å². The summed E-state index contributed by atoms with van der Waals surface area (Å²) in [4.78, 5) is 16.3. The molecule has 2 heterocycles. The quantitative estimate of drug-likeness (QED) is 0.695. The van der Waals surface area contributed by atoms with Crippen molar-refractivity contribution in [3.63, 3.8) is 0 Å². The molecule has 0 bridgehead atoms. The molecule has 0 aliphatic rings. The van der Waals surface area contributed by atoms with E-state index in [1.54, 1.807) is 19.6 Å². The van der Waals surface area contributed by atoms with Crippen LogP contribution in [0.3, 0.4) is 0 Å². The zero-order valence-electron chi connectivity index (χ0n) is 11.7. The molecule has 108 valence electrons. The highest BCUT2D eigenvalue weighted by molar-refractivity contribution is 7.20. The van der Waals surface area contributed by atoms with Crippen molar-refractivity contribution in [2.75, 3.05) is 14.2 Å². The highest BCUT2D eigenvalue weighted by Crippen LogP contribution is 2.34. The van der Waals surface area contributed by atoms with Crippen molar-refractivity contribution in [3.8, 4) is 5.75 Å². The summed E-state index contributed by atoms with van der Waals surface area (Å²) in [5.41, 5.74) is 1.09. The van der Waals surface area contributed by atoms with Gasteiger partial charge in [0.1, 0.15) is 10.6 Å². The molecular weight excluding hydrogens is 288 g/mol. The Balaban J connectivity index is 2.05. The number of fused-ring (bicyclic) bond motifs is 1. The molecule has 0 amide bonds. The summed E-state index contributed by atoms with van der Waals surface area (Å²) in [6.07, 6.45) is 5.42. The van der Waals surface area contributed by atoms with E-state index in [9.17, 15) is 4.79 Å². The first-order chi connectivity index (χ1) is 10.2. The van der Waals surface area contributed by atoms with E-state index in [4.69, 9.17) is 9.47 Å². The molecule has 0 aliphatic heterocycles. The van der Waals surface area contributed by atoms with Gasteiger partial charge >= 0.3 is 5.97 Å². The van der Waals surface area contributed by atoms with Gasteiger partial charge in [0.15, 0.2) is 0 Å². The van der Waals surface area contributed by atoms with Crippen LogP contribution < -0.4 is 4.74 Å². The summed E-state index contributed by atoms with van der Waals surface area (Å²) in [5.74, 6) is 0.434. The molecule has 0 N–H and O–H groups in total. The summed E-state index contributed by atoms with van der Waals surface area (Å²) in [6.45, 7) is 0.706. The number of carbonyl (C=O) groups excluding carboxylic acids is 1. The molecule has 5 nitrogen and oxygen atoms in total. The van der Waals surface area contributed by atoms with E-state index in [1.165, 1.54) is 18.4 Å². The number of hydrogen-bond donors (Lipinski definition) is 0. The number of aromatic nitrogens is 2. The molecule has 0 radical (unpaired) electrons. The molecule has 0 aliphatic carbocycles. The fourth-order valence-electron chi connectivity index (χ4n) is 2.21. The van der Waals surface area contributed by atoms with Crippen LogP contribution in [0.25, 0.3) is 10.1 Å². The maximum absolute atomic E-state index is 11.7. The average molecular weight is 302 g/mol. The first kappa shape index (κ1) is 13.6. The van der Waals surface area contributed by atoms with Crippen molar-refractivity contribution in [2.45, 2.75) is 6.54 Å². The molecule has 2 aromatic heterocycles. The second-order valence-corrected chi connectivity index (χ2v) is 5.63. The Labute approximate surface area is 125 Å². The van der Waals surface area contributed by atoms with Gasteiger partial charge in [-0.1, -0.05) is 0 Å². The normalized spacial score (nSPS) is 10.8. The van der Waals surface area contributed by atoms with Gasteiger partial charge in [-0.15, -0.1) is 11.3 Å². The van der Waals surface area contributed by atoms with Crippen LogP contribution in [0, 0.1) is 0 Å². The SMILES string of the molecule is COC(=O)c1cc2c(OC)cc(Cn3ccnc3)cc2s1. The van der Waals surface area contributed by atoms with Crippen LogP contribution >= 0.6 is 11.3 Å². The summed E-state index contributed by atoms with van der Waals surface area (Å²) >= 11 is 1.41. The average Bonchev–Trinajstić information content (AvgIpc) is 3.14. The predicted molar refractivity (Wildman–Crippen MR) is 81.0 cm³/mol. The second-order valence-electron chi connectivity index (χ2n) is 4.55. The topological polar surface area (TPSA) is 53.4 Å². The van der Waals surface area contributed by atoms with Crippen molar-refractivity contribution in [2.24, 2.45) is 0 Å². The molecule has 3 aromatic rings. The number of esters is 1. The molecule has 21 heavy (non-hydrogen) atoms. The third kappa shape index (κ3) is 2.62. The Morgan fingerprint density at radius 3 is 2.86 bits per heavy atom. The lowest BCUT2D eigenvalue weighted by Gasteiger charge is -2.07. The molecule has 0 saturated carbocycles. The minimum Gasteiger partial charge on any atom is -0.496 e. The Morgan fingerprint density at radius 2 is 2.19 bits per heavy atom. The highest BCUT2D eigenvalue weighted by Gasteiger charge is 2.14. The van der Waals surface area contributed by atoms with Gasteiger partial charge in [-0.05, 0) is 23.8 Å². The maximum atomic E-state index is 11.7. The number of carbonyl (C=O) groups is 1. The van der Waals surface area contributed by atoms with Gasteiger partial charge < -0.3 is 14.0 Å².